The quantitative estimate of drug-likeness (QED) is 0.641. The number of aromatic nitrogens is 3. The van der Waals surface area contributed by atoms with Gasteiger partial charge in [0.15, 0.2) is 5.82 Å². The molecular formula is C21H22ClN5OS. The molecule has 0 unspecified atom stereocenters. The third-order valence-electron chi connectivity index (χ3n) is 5.08. The maximum Gasteiger partial charge on any atom is 0.240 e. The van der Waals surface area contributed by atoms with Gasteiger partial charge in [-0.1, -0.05) is 48.5 Å². The SMILES string of the molecule is CCc1nnc2n1N[C@@H](c1ccc(Cl)cc1)[C@@H](C(=O)Nc1ccc(C)c(C)c1)S2. The molecule has 1 aliphatic heterocycles. The Kier molecular flexibility index (Phi) is 5.52. The van der Waals surface area contributed by atoms with Crippen molar-refractivity contribution >= 4 is 35.0 Å². The first-order valence-corrected chi connectivity index (χ1v) is 10.7. The number of thioether (sulfide) groups is 1. The van der Waals surface area contributed by atoms with Gasteiger partial charge in [-0.25, -0.2) is 4.68 Å². The smallest absolute Gasteiger partial charge is 0.240 e. The number of nitrogens with one attached hydrogen (secondary N) is 2. The first kappa shape index (κ1) is 19.8. The average molecular weight is 428 g/mol. The number of hydrogen-bond donors (Lipinski definition) is 2. The second kappa shape index (κ2) is 8.08. The van der Waals surface area contributed by atoms with Crippen molar-refractivity contribution in [2.75, 3.05) is 10.7 Å². The van der Waals surface area contributed by atoms with Crippen LogP contribution in [0.25, 0.3) is 0 Å². The van der Waals surface area contributed by atoms with E-state index < -0.39 is 5.25 Å². The van der Waals surface area contributed by atoms with Crippen molar-refractivity contribution in [2.24, 2.45) is 0 Å². The van der Waals surface area contributed by atoms with E-state index in [0.717, 1.165) is 29.1 Å². The molecule has 6 nitrogen and oxygen atoms in total. The van der Waals surface area contributed by atoms with E-state index in [0.29, 0.717) is 10.2 Å². The van der Waals surface area contributed by atoms with Gasteiger partial charge in [-0.2, -0.15) is 0 Å². The van der Waals surface area contributed by atoms with E-state index in [1.54, 1.807) is 0 Å². The molecule has 2 N–H and O–H groups in total. The highest BCUT2D eigenvalue weighted by molar-refractivity contribution is 8.00. The summed E-state index contributed by atoms with van der Waals surface area (Å²) in [6, 6.07) is 13.2. The third-order valence-corrected chi connectivity index (χ3v) is 6.55. The molecular weight excluding hydrogens is 406 g/mol. The van der Waals surface area contributed by atoms with Crippen LogP contribution in [0.3, 0.4) is 0 Å². The molecule has 3 aromatic rings. The molecule has 1 amide bonds. The monoisotopic (exact) mass is 427 g/mol. The number of carbonyl (C=O) groups excluding carboxylic acids is 1. The molecule has 8 heteroatoms. The standard InChI is InChI=1S/C21H22ClN5OS/c1-4-17-24-25-21-27(17)26-18(14-6-8-15(22)9-7-14)19(29-21)20(28)23-16-10-5-12(2)13(3)11-16/h5-11,18-19,26H,4H2,1-3H3,(H,23,28)/t18-,19-/m0/s1. The highest BCUT2D eigenvalue weighted by Crippen LogP contribution is 2.38. The number of amides is 1. The van der Waals surface area contributed by atoms with Crippen LogP contribution in [0.5, 0.6) is 0 Å². The Balaban J connectivity index is 1.66. The van der Waals surface area contributed by atoms with Crippen LogP contribution in [0.15, 0.2) is 47.6 Å². The topological polar surface area (TPSA) is 71.8 Å². The van der Waals surface area contributed by atoms with Crippen molar-refractivity contribution in [2.45, 2.75) is 43.6 Å². The van der Waals surface area contributed by atoms with Crippen LogP contribution < -0.4 is 10.7 Å². The second-order valence-electron chi connectivity index (χ2n) is 7.07. The molecule has 0 radical (unpaired) electrons. The van der Waals surface area contributed by atoms with E-state index in [4.69, 9.17) is 11.6 Å². The van der Waals surface area contributed by atoms with Crippen molar-refractivity contribution in [1.29, 1.82) is 0 Å². The Labute approximate surface area is 179 Å². The van der Waals surface area contributed by atoms with Gasteiger partial charge in [-0.05, 0) is 54.8 Å². The molecule has 2 aromatic carbocycles. The van der Waals surface area contributed by atoms with Gasteiger partial charge in [0.2, 0.25) is 11.1 Å². The van der Waals surface area contributed by atoms with Crippen LogP contribution in [-0.4, -0.2) is 26.0 Å². The van der Waals surface area contributed by atoms with E-state index in [2.05, 4.69) is 27.9 Å². The van der Waals surface area contributed by atoms with Crippen LogP contribution in [0.2, 0.25) is 5.02 Å². The number of carbonyl (C=O) groups is 1. The Bertz CT molecular complexity index is 1050. The van der Waals surface area contributed by atoms with Crippen LogP contribution in [0.1, 0.15) is 35.5 Å². The van der Waals surface area contributed by atoms with Crippen molar-refractivity contribution in [3.63, 3.8) is 0 Å². The Morgan fingerprint density at radius 2 is 1.93 bits per heavy atom. The maximum absolute atomic E-state index is 13.2. The predicted molar refractivity (Wildman–Crippen MR) is 117 cm³/mol. The number of nitrogens with zero attached hydrogens (tertiary/aromatic N) is 3. The predicted octanol–water partition coefficient (Wildman–Crippen LogP) is 4.51. The lowest BCUT2D eigenvalue weighted by atomic mass is 10.0. The summed E-state index contributed by atoms with van der Waals surface area (Å²) in [6.07, 6.45) is 0.743. The van der Waals surface area contributed by atoms with E-state index in [-0.39, 0.29) is 11.9 Å². The molecule has 0 spiro atoms. The summed E-state index contributed by atoms with van der Waals surface area (Å²) in [5.41, 5.74) is 7.53. The molecule has 0 aliphatic carbocycles. The molecule has 2 atom stereocenters. The summed E-state index contributed by atoms with van der Waals surface area (Å²) >= 11 is 7.48. The number of halogens is 1. The summed E-state index contributed by atoms with van der Waals surface area (Å²) in [5, 5.41) is 12.5. The van der Waals surface area contributed by atoms with Crippen molar-refractivity contribution < 1.29 is 4.79 Å². The number of aryl methyl sites for hydroxylation is 3. The number of hydrogen-bond acceptors (Lipinski definition) is 5. The molecule has 150 valence electrons. The lowest BCUT2D eigenvalue weighted by Gasteiger charge is -2.33. The van der Waals surface area contributed by atoms with E-state index in [1.165, 1.54) is 17.3 Å². The summed E-state index contributed by atoms with van der Waals surface area (Å²) in [6.45, 7) is 6.11. The molecule has 1 aliphatic rings. The van der Waals surface area contributed by atoms with Gasteiger partial charge < -0.3 is 10.7 Å². The van der Waals surface area contributed by atoms with Crippen molar-refractivity contribution in [3.8, 4) is 0 Å². The fourth-order valence-corrected chi connectivity index (χ4v) is 4.51. The second-order valence-corrected chi connectivity index (χ2v) is 8.62. The Morgan fingerprint density at radius 3 is 2.62 bits per heavy atom. The summed E-state index contributed by atoms with van der Waals surface area (Å²) in [7, 11) is 0. The van der Waals surface area contributed by atoms with Gasteiger partial charge in [0, 0.05) is 17.1 Å². The minimum Gasteiger partial charge on any atom is -0.325 e. The highest BCUT2D eigenvalue weighted by atomic mass is 35.5. The Morgan fingerprint density at radius 1 is 1.17 bits per heavy atom. The van der Waals surface area contributed by atoms with Crippen LogP contribution >= 0.6 is 23.4 Å². The number of benzene rings is 2. The first-order valence-electron chi connectivity index (χ1n) is 9.47. The van der Waals surface area contributed by atoms with Crippen molar-refractivity contribution in [3.05, 3.63) is 70.0 Å². The van der Waals surface area contributed by atoms with Crippen molar-refractivity contribution in [1.82, 2.24) is 14.9 Å². The summed E-state index contributed by atoms with van der Waals surface area (Å²) < 4.78 is 1.88. The maximum atomic E-state index is 13.2. The van der Waals surface area contributed by atoms with Gasteiger partial charge in [0.1, 0.15) is 5.25 Å². The zero-order valence-corrected chi connectivity index (χ0v) is 18.0. The third kappa shape index (κ3) is 3.97. The zero-order chi connectivity index (χ0) is 20.5. The van der Waals surface area contributed by atoms with Gasteiger partial charge in [0.25, 0.3) is 0 Å². The molecule has 2 heterocycles. The van der Waals surface area contributed by atoms with Gasteiger partial charge >= 0.3 is 0 Å². The number of anilines is 1. The summed E-state index contributed by atoms with van der Waals surface area (Å²) in [5.74, 6) is 0.748. The molecule has 0 fully saturated rings. The van der Waals surface area contributed by atoms with Crippen LogP contribution in [-0.2, 0) is 11.2 Å². The summed E-state index contributed by atoms with van der Waals surface area (Å²) in [4.78, 5) is 13.2. The van der Waals surface area contributed by atoms with E-state index >= 15 is 0 Å². The zero-order valence-electron chi connectivity index (χ0n) is 16.4. The van der Waals surface area contributed by atoms with E-state index in [9.17, 15) is 4.79 Å². The minimum atomic E-state index is -0.417. The number of rotatable bonds is 4. The molecule has 29 heavy (non-hydrogen) atoms. The van der Waals surface area contributed by atoms with Crippen LogP contribution in [0.4, 0.5) is 5.69 Å². The first-order chi connectivity index (χ1) is 14.0. The van der Waals surface area contributed by atoms with E-state index in [1.807, 2.05) is 61.0 Å². The lowest BCUT2D eigenvalue weighted by Crippen LogP contribution is -2.41. The molecule has 4 rings (SSSR count). The Hall–Kier alpha value is -2.51. The van der Waals surface area contributed by atoms with Crippen LogP contribution in [0, 0.1) is 13.8 Å². The van der Waals surface area contributed by atoms with Gasteiger partial charge in [-0.15, -0.1) is 10.2 Å². The van der Waals surface area contributed by atoms with Gasteiger partial charge in [-0.3, -0.25) is 4.79 Å². The lowest BCUT2D eigenvalue weighted by molar-refractivity contribution is -0.116. The molecule has 0 bridgehead atoms. The normalized spacial score (nSPS) is 18.1. The fraction of sp³-hybridized carbons (Fsp3) is 0.286. The largest absolute Gasteiger partial charge is 0.325 e. The fourth-order valence-electron chi connectivity index (χ4n) is 3.28. The van der Waals surface area contributed by atoms with Gasteiger partial charge in [0.05, 0.1) is 6.04 Å². The number of fused-ring (bicyclic) bond motifs is 1. The molecule has 0 saturated heterocycles. The molecule has 0 saturated carbocycles. The highest BCUT2D eigenvalue weighted by Gasteiger charge is 2.37. The molecule has 1 aromatic heterocycles. The minimum absolute atomic E-state index is 0.0852. The average Bonchev–Trinajstić information content (AvgIpc) is 3.12.